The second kappa shape index (κ2) is 6.97. The van der Waals surface area contributed by atoms with E-state index < -0.39 is 0 Å². The molecule has 0 saturated heterocycles. The lowest BCUT2D eigenvalue weighted by Crippen LogP contribution is -2.26. The molecule has 5 heteroatoms. The Kier molecular flexibility index (Phi) is 4.76. The molecule has 0 spiro atoms. The first-order valence-electron chi connectivity index (χ1n) is 7.81. The Labute approximate surface area is 146 Å². The Morgan fingerprint density at radius 3 is 2.75 bits per heavy atom. The maximum absolute atomic E-state index is 12.5. The third-order valence-electron chi connectivity index (χ3n) is 3.98. The van der Waals surface area contributed by atoms with Crippen LogP contribution in [-0.4, -0.2) is 17.0 Å². The van der Waals surface area contributed by atoms with E-state index in [9.17, 15) is 4.79 Å². The lowest BCUT2D eigenvalue weighted by Gasteiger charge is -2.10. The number of nitrogens with zero attached hydrogens (tertiary/aromatic N) is 1. The number of nitrogens with one attached hydrogen (secondary N) is 1. The molecule has 0 atom stereocenters. The van der Waals surface area contributed by atoms with Crippen molar-refractivity contribution < 1.29 is 9.21 Å². The number of hydrogen-bond donors (Lipinski definition) is 1. The zero-order chi connectivity index (χ0) is 17.1. The van der Waals surface area contributed by atoms with Gasteiger partial charge in [-0.05, 0) is 50.2 Å². The van der Waals surface area contributed by atoms with Gasteiger partial charge in [0.15, 0.2) is 0 Å². The van der Waals surface area contributed by atoms with Crippen molar-refractivity contribution in [2.45, 2.75) is 20.3 Å². The molecule has 3 rings (SSSR count). The summed E-state index contributed by atoms with van der Waals surface area (Å²) in [5.41, 5.74) is 3.51. The number of aromatic nitrogens is 1. The van der Waals surface area contributed by atoms with E-state index in [2.05, 4.69) is 5.32 Å². The van der Waals surface area contributed by atoms with Crippen LogP contribution in [0.3, 0.4) is 0 Å². The average molecular weight is 343 g/mol. The van der Waals surface area contributed by atoms with Crippen molar-refractivity contribution in [3.8, 4) is 5.69 Å². The molecule has 0 aliphatic carbocycles. The van der Waals surface area contributed by atoms with Crippen LogP contribution in [0.25, 0.3) is 5.69 Å². The Bertz CT molecular complexity index is 850. The van der Waals surface area contributed by atoms with Gasteiger partial charge in [-0.15, -0.1) is 0 Å². The van der Waals surface area contributed by atoms with Crippen molar-refractivity contribution in [3.05, 3.63) is 76.5 Å². The fraction of sp³-hybridized carbons (Fsp3) is 0.211. The lowest BCUT2D eigenvalue weighted by atomic mass is 10.2. The molecule has 0 saturated carbocycles. The fourth-order valence-electron chi connectivity index (χ4n) is 2.85. The maximum atomic E-state index is 12.5. The molecular formula is C19H19ClN2O2. The monoisotopic (exact) mass is 342 g/mol. The second-order valence-corrected chi connectivity index (χ2v) is 6.12. The number of halogens is 1. The third kappa shape index (κ3) is 3.39. The van der Waals surface area contributed by atoms with E-state index in [0.29, 0.717) is 23.6 Å². The van der Waals surface area contributed by atoms with Crippen LogP contribution in [-0.2, 0) is 6.42 Å². The summed E-state index contributed by atoms with van der Waals surface area (Å²) in [6.45, 7) is 4.45. The van der Waals surface area contributed by atoms with Crippen LogP contribution in [0.4, 0.5) is 0 Å². The maximum Gasteiger partial charge on any atom is 0.253 e. The molecule has 0 radical (unpaired) electrons. The molecule has 1 aromatic carbocycles. The first-order chi connectivity index (χ1) is 11.6. The van der Waals surface area contributed by atoms with Gasteiger partial charge in [0.2, 0.25) is 0 Å². The first kappa shape index (κ1) is 16.4. The highest BCUT2D eigenvalue weighted by Gasteiger charge is 2.16. The van der Waals surface area contributed by atoms with Crippen LogP contribution in [0.1, 0.15) is 27.5 Å². The fourth-order valence-corrected chi connectivity index (χ4v) is 3.04. The van der Waals surface area contributed by atoms with Gasteiger partial charge in [0.25, 0.3) is 5.91 Å². The minimum absolute atomic E-state index is 0.0806. The Hall–Kier alpha value is -2.46. The smallest absolute Gasteiger partial charge is 0.253 e. The van der Waals surface area contributed by atoms with Crippen LogP contribution in [0, 0.1) is 13.8 Å². The van der Waals surface area contributed by atoms with Crippen LogP contribution in [0.5, 0.6) is 0 Å². The quantitative estimate of drug-likeness (QED) is 0.751. The van der Waals surface area contributed by atoms with E-state index in [4.69, 9.17) is 16.0 Å². The standard InChI is InChI=1S/C19H19ClN2O2/c1-13-11-18(19(23)21-9-8-17-7-4-10-24-17)14(2)22(13)16-6-3-5-15(20)12-16/h3-7,10-12H,8-9H2,1-2H3,(H,21,23). The molecule has 24 heavy (non-hydrogen) atoms. The van der Waals surface area contributed by atoms with Crippen LogP contribution in [0.2, 0.25) is 5.02 Å². The van der Waals surface area contributed by atoms with Gasteiger partial charge in [0.1, 0.15) is 5.76 Å². The van der Waals surface area contributed by atoms with Crippen LogP contribution >= 0.6 is 11.6 Å². The van der Waals surface area contributed by atoms with E-state index >= 15 is 0 Å². The van der Waals surface area contributed by atoms with Crippen LogP contribution < -0.4 is 5.32 Å². The SMILES string of the molecule is Cc1cc(C(=O)NCCc2ccco2)c(C)n1-c1cccc(Cl)c1. The summed E-state index contributed by atoms with van der Waals surface area (Å²) in [5.74, 6) is 0.780. The summed E-state index contributed by atoms with van der Waals surface area (Å²) >= 11 is 6.08. The van der Waals surface area contributed by atoms with Gasteiger partial charge >= 0.3 is 0 Å². The molecule has 0 unspecified atom stereocenters. The van der Waals surface area contributed by atoms with Crippen molar-refractivity contribution >= 4 is 17.5 Å². The summed E-state index contributed by atoms with van der Waals surface area (Å²) in [6.07, 6.45) is 2.31. The van der Waals surface area contributed by atoms with Crippen molar-refractivity contribution in [3.63, 3.8) is 0 Å². The summed E-state index contributed by atoms with van der Waals surface area (Å²) in [5, 5.41) is 3.61. The van der Waals surface area contributed by atoms with E-state index in [1.54, 1.807) is 6.26 Å². The Morgan fingerprint density at radius 1 is 1.21 bits per heavy atom. The van der Waals surface area contributed by atoms with Crippen molar-refractivity contribution in [1.29, 1.82) is 0 Å². The average Bonchev–Trinajstić information content (AvgIpc) is 3.15. The molecule has 1 N–H and O–H groups in total. The van der Waals surface area contributed by atoms with Gasteiger partial charge in [-0.25, -0.2) is 0 Å². The predicted molar refractivity (Wildman–Crippen MR) is 95.0 cm³/mol. The van der Waals surface area contributed by atoms with E-state index in [1.165, 1.54) is 0 Å². The first-order valence-corrected chi connectivity index (χ1v) is 8.19. The lowest BCUT2D eigenvalue weighted by molar-refractivity contribution is 0.0953. The highest BCUT2D eigenvalue weighted by molar-refractivity contribution is 6.30. The minimum atomic E-state index is -0.0806. The Balaban J connectivity index is 1.76. The summed E-state index contributed by atoms with van der Waals surface area (Å²) in [7, 11) is 0. The van der Waals surface area contributed by atoms with Gasteiger partial charge in [0, 0.05) is 35.1 Å². The second-order valence-electron chi connectivity index (χ2n) is 5.69. The van der Waals surface area contributed by atoms with Gasteiger partial charge in [-0.3, -0.25) is 4.79 Å². The van der Waals surface area contributed by atoms with Crippen molar-refractivity contribution in [2.24, 2.45) is 0 Å². The number of benzene rings is 1. The number of carbonyl (C=O) groups is 1. The molecule has 1 amide bonds. The molecule has 2 aromatic heterocycles. The molecule has 2 heterocycles. The van der Waals surface area contributed by atoms with Crippen molar-refractivity contribution in [2.75, 3.05) is 6.54 Å². The number of aryl methyl sites for hydroxylation is 1. The number of rotatable bonds is 5. The zero-order valence-electron chi connectivity index (χ0n) is 13.7. The third-order valence-corrected chi connectivity index (χ3v) is 4.21. The summed E-state index contributed by atoms with van der Waals surface area (Å²) in [4.78, 5) is 12.5. The Morgan fingerprint density at radius 2 is 2.04 bits per heavy atom. The molecule has 0 fully saturated rings. The topological polar surface area (TPSA) is 47.2 Å². The zero-order valence-corrected chi connectivity index (χ0v) is 14.4. The van der Waals surface area contributed by atoms with Crippen molar-refractivity contribution in [1.82, 2.24) is 9.88 Å². The molecule has 4 nitrogen and oxygen atoms in total. The van der Waals surface area contributed by atoms with Crippen LogP contribution in [0.15, 0.2) is 53.1 Å². The van der Waals surface area contributed by atoms with E-state index in [0.717, 1.165) is 22.8 Å². The molecular weight excluding hydrogens is 324 g/mol. The number of furan rings is 1. The number of carbonyl (C=O) groups excluding carboxylic acids is 1. The summed E-state index contributed by atoms with van der Waals surface area (Å²) in [6, 6.07) is 13.2. The van der Waals surface area contributed by atoms with Gasteiger partial charge in [-0.1, -0.05) is 17.7 Å². The summed E-state index contributed by atoms with van der Waals surface area (Å²) < 4.78 is 7.30. The molecule has 124 valence electrons. The minimum Gasteiger partial charge on any atom is -0.469 e. The number of amides is 1. The molecule has 0 aliphatic rings. The largest absolute Gasteiger partial charge is 0.469 e. The number of hydrogen-bond acceptors (Lipinski definition) is 2. The molecule has 3 aromatic rings. The molecule has 0 bridgehead atoms. The highest BCUT2D eigenvalue weighted by Crippen LogP contribution is 2.23. The normalized spacial score (nSPS) is 10.8. The van der Waals surface area contributed by atoms with Gasteiger partial charge in [-0.2, -0.15) is 0 Å². The highest BCUT2D eigenvalue weighted by atomic mass is 35.5. The predicted octanol–water partition coefficient (Wildman–Crippen LogP) is 4.31. The molecule has 0 aliphatic heterocycles. The van der Waals surface area contributed by atoms with E-state index in [-0.39, 0.29) is 5.91 Å². The van der Waals surface area contributed by atoms with Gasteiger partial charge < -0.3 is 14.3 Å². The van der Waals surface area contributed by atoms with Gasteiger partial charge in [0.05, 0.1) is 11.8 Å². The van der Waals surface area contributed by atoms with E-state index in [1.807, 2.05) is 60.9 Å².